The third kappa shape index (κ3) is 2.52. The van der Waals surface area contributed by atoms with Crippen molar-refractivity contribution in [3.8, 4) is 0 Å². The van der Waals surface area contributed by atoms with Crippen molar-refractivity contribution in [2.75, 3.05) is 11.1 Å². The van der Waals surface area contributed by atoms with E-state index in [1.807, 2.05) is 12.1 Å². The Morgan fingerprint density at radius 2 is 2.20 bits per heavy atom. The average Bonchev–Trinajstić information content (AvgIpc) is 2.25. The van der Waals surface area contributed by atoms with Gasteiger partial charge >= 0.3 is 0 Å². The lowest BCUT2D eigenvalue weighted by molar-refractivity contribution is 0.644. The number of nitrogens with one attached hydrogen (secondary N) is 1. The summed E-state index contributed by atoms with van der Waals surface area (Å²) in [6.45, 7) is 2.11. The fourth-order valence-corrected chi connectivity index (χ4v) is 1.94. The van der Waals surface area contributed by atoms with Gasteiger partial charge in [0.15, 0.2) is 0 Å². The predicted molar refractivity (Wildman–Crippen MR) is 66.0 cm³/mol. The van der Waals surface area contributed by atoms with Gasteiger partial charge in [0, 0.05) is 17.4 Å². The molecule has 0 heterocycles. The van der Waals surface area contributed by atoms with E-state index in [1.165, 1.54) is 24.1 Å². The molecule has 3 N–H and O–H groups in total. The molecule has 0 aromatic heterocycles. The summed E-state index contributed by atoms with van der Waals surface area (Å²) in [5, 5.41) is 3.56. The van der Waals surface area contributed by atoms with E-state index in [-0.39, 0.29) is 0 Å². The molecule has 0 radical (unpaired) electrons. The summed E-state index contributed by atoms with van der Waals surface area (Å²) in [7, 11) is 0. The number of allylic oxidation sites excluding steroid dienone is 1. The first-order valence-corrected chi connectivity index (χ1v) is 5.53. The van der Waals surface area contributed by atoms with Gasteiger partial charge in [-0.3, -0.25) is 0 Å². The first-order valence-electron chi connectivity index (χ1n) is 5.53. The zero-order valence-electron chi connectivity index (χ0n) is 9.16. The fraction of sp³-hybridized carbons (Fsp3) is 0.385. The largest absolute Gasteiger partial charge is 0.399 e. The maximum absolute atomic E-state index is 5.78. The minimum absolute atomic E-state index is 0.565. The number of rotatable bonds is 2. The minimum Gasteiger partial charge on any atom is -0.399 e. The summed E-state index contributed by atoms with van der Waals surface area (Å²) in [6.07, 6.45) is 8.02. The van der Waals surface area contributed by atoms with Gasteiger partial charge in [0.05, 0.1) is 0 Å². The molecule has 0 aliphatic heterocycles. The molecule has 1 aromatic carbocycles. The van der Waals surface area contributed by atoms with Crippen LogP contribution in [0.2, 0.25) is 0 Å². The highest BCUT2D eigenvalue weighted by atomic mass is 14.9. The smallest absolute Gasteiger partial charge is 0.0392 e. The van der Waals surface area contributed by atoms with E-state index in [2.05, 4.69) is 30.5 Å². The van der Waals surface area contributed by atoms with E-state index >= 15 is 0 Å². The number of nitrogen functional groups attached to an aromatic ring is 1. The maximum Gasteiger partial charge on any atom is 0.0392 e. The van der Waals surface area contributed by atoms with Crippen molar-refractivity contribution in [1.82, 2.24) is 0 Å². The Kier molecular flexibility index (Phi) is 2.95. The van der Waals surface area contributed by atoms with Crippen LogP contribution in [0.15, 0.2) is 30.4 Å². The van der Waals surface area contributed by atoms with Crippen LogP contribution in [0.5, 0.6) is 0 Å². The summed E-state index contributed by atoms with van der Waals surface area (Å²) in [5.74, 6) is 0. The van der Waals surface area contributed by atoms with Crippen LogP contribution in [0.3, 0.4) is 0 Å². The molecule has 1 aromatic rings. The van der Waals surface area contributed by atoms with Crippen molar-refractivity contribution < 1.29 is 0 Å². The van der Waals surface area contributed by atoms with Gasteiger partial charge in [-0.1, -0.05) is 18.2 Å². The Hall–Kier alpha value is -1.44. The third-order valence-electron chi connectivity index (χ3n) is 2.89. The molecule has 1 atom stereocenters. The number of nitrogens with two attached hydrogens (primary N) is 1. The van der Waals surface area contributed by atoms with Gasteiger partial charge in [-0.2, -0.15) is 0 Å². The van der Waals surface area contributed by atoms with E-state index in [0.717, 1.165) is 12.1 Å². The van der Waals surface area contributed by atoms with Gasteiger partial charge < -0.3 is 11.1 Å². The van der Waals surface area contributed by atoms with Crippen LogP contribution < -0.4 is 11.1 Å². The van der Waals surface area contributed by atoms with Gasteiger partial charge in [0.2, 0.25) is 0 Å². The van der Waals surface area contributed by atoms with Gasteiger partial charge in [-0.25, -0.2) is 0 Å². The standard InChI is InChI=1S/C13H18N2/c1-10-7-8-11(14)9-13(10)15-12-5-3-2-4-6-12/h2-3,7-9,12,15H,4-6,14H2,1H3. The van der Waals surface area contributed by atoms with Crippen LogP contribution in [0.1, 0.15) is 24.8 Å². The van der Waals surface area contributed by atoms with Crippen molar-refractivity contribution in [3.05, 3.63) is 35.9 Å². The monoisotopic (exact) mass is 202 g/mol. The molecular formula is C13H18N2. The highest BCUT2D eigenvalue weighted by Crippen LogP contribution is 2.22. The molecule has 0 saturated carbocycles. The lowest BCUT2D eigenvalue weighted by atomic mass is 10.0. The summed E-state index contributed by atoms with van der Waals surface area (Å²) >= 11 is 0. The molecule has 1 aliphatic carbocycles. The van der Waals surface area contributed by atoms with Gasteiger partial charge in [0.1, 0.15) is 0 Å². The van der Waals surface area contributed by atoms with Gasteiger partial charge in [-0.15, -0.1) is 0 Å². The third-order valence-corrected chi connectivity index (χ3v) is 2.89. The van der Waals surface area contributed by atoms with E-state index in [1.54, 1.807) is 0 Å². The van der Waals surface area contributed by atoms with E-state index < -0.39 is 0 Å². The van der Waals surface area contributed by atoms with Crippen LogP contribution >= 0.6 is 0 Å². The molecule has 2 rings (SSSR count). The van der Waals surface area contributed by atoms with Crippen LogP contribution in [0, 0.1) is 6.92 Å². The van der Waals surface area contributed by atoms with Gasteiger partial charge in [0.25, 0.3) is 0 Å². The Bertz CT molecular complexity index is 369. The molecule has 1 aliphatic rings. The second kappa shape index (κ2) is 4.39. The summed E-state index contributed by atoms with van der Waals surface area (Å²) < 4.78 is 0. The van der Waals surface area contributed by atoms with Crippen LogP contribution in [0.25, 0.3) is 0 Å². The molecule has 2 heteroatoms. The SMILES string of the molecule is Cc1ccc(N)cc1NC1CC=CCC1. The quantitative estimate of drug-likeness (QED) is 0.571. The van der Waals surface area contributed by atoms with Gasteiger partial charge in [-0.05, 0) is 43.9 Å². The Labute approximate surface area is 91.2 Å². The molecular weight excluding hydrogens is 184 g/mol. The summed E-state index contributed by atoms with van der Waals surface area (Å²) in [4.78, 5) is 0. The minimum atomic E-state index is 0.565. The first kappa shape index (κ1) is 10.1. The molecule has 0 spiro atoms. The molecule has 0 saturated heterocycles. The molecule has 0 bridgehead atoms. The van der Waals surface area contributed by atoms with Crippen molar-refractivity contribution >= 4 is 11.4 Å². The average molecular weight is 202 g/mol. The Morgan fingerprint density at radius 1 is 1.33 bits per heavy atom. The van der Waals surface area contributed by atoms with Crippen LogP contribution in [-0.2, 0) is 0 Å². The molecule has 15 heavy (non-hydrogen) atoms. The molecule has 1 unspecified atom stereocenters. The van der Waals surface area contributed by atoms with E-state index in [4.69, 9.17) is 5.73 Å². The van der Waals surface area contributed by atoms with Crippen molar-refractivity contribution in [2.45, 2.75) is 32.2 Å². The Balaban J connectivity index is 2.09. The number of aryl methyl sites for hydroxylation is 1. The first-order chi connectivity index (χ1) is 7.25. The lowest BCUT2D eigenvalue weighted by Crippen LogP contribution is -2.20. The molecule has 80 valence electrons. The molecule has 2 nitrogen and oxygen atoms in total. The van der Waals surface area contributed by atoms with E-state index in [0.29, 0.717) is 6.04 Å². The van der Waals surface area contributed by atoms with Crippen molar-refractivity contribution in [2.24, 2.45) is 0 Å². The molecule has 0 amide bonds. The summed E-state index contributed by atoms with van der Waals surface area (Å²) in [6, 6.07) is 6.60. The second-order valence-corrected chi connectivity index (χ2v) is 4.20. The second-order valence-electron chi connectivity index (χ2n) is 4.20. The number of benzene rings is 1. The topological polar surface area (TPSA) is 38.0 Å². The summed E-state index contributed by atoms with van der Waals surface area (Å²) in [5.41, 5.74) is 9.05. The molecule has 0 fully saturated rings. The number of hydrogen-bond acceptors (Lipinski definition) is 2. The van der Waals surface area contributed by atoms with Crippen LogP contribution in [-0.4, -0.2) is 6.04 Å². The maximum atomic E-state index is 5.78. The highest BCUT2D eigenvalue weighted by Gasteiger charge is 2.10. The number of hydrogen-bond donors (Lipinski definition) is 2. The zero-order valence-corrected chi connectivity index (χ0v) is 9.16. The number of anilines is 2. The Morgan fingerprint density at radius 3 is 2.93 bits per heavy atom. The predicted octanol–water partition coefficient (Wildman–Crippen LogP) is 3.10. The van der Waals surface area contributed by atoms with Crippen molar-refractivity contribution in [1.29, 1.82) is 0 Å². The van der Waals surface area contributed by atoms with E-state index in [9.17, 15) is 0 Å². The lowest BCUT2D eigenvalue weighted by Gasteiger charge is -2.22. The van der Waals surface area contributed by atoms with Crippen LogP contribution in [0.4, 0.5) is 11.4 Å². The zero-order chi connectivity index (χ0) is 10.7. The highest BCUT2D eigenvalue weighted by molar-refractivity contribution is 5.59. The normalized spacial score (nSPS) is 20.2. The van der Waals surface area contributed by atoms with Crippen molar-refractivity contribution in [3.63, 3.8) is 0 Å². The fourth-order valence-electron chi connectivity index (χ4n) is 1.94.